The van der Waals surface area contributed by atoms with Crippen LogP contribution in [0.25, 0.3) is 0 Å². The highest BCUT2D eigenvalue weighted by molar-refractivity contribution is 5.72. The molecule has 0 amide bonds. The number of hydrogen-bond acceptors (Lipinski definition) is 3. The van der Waals surface area contributed by atoms with Crippen molar-refractivity contribution in [2.24, 2.45) is 0 Å². The molecule has 14 heavy (non-hydrogen) atoms. The Morgan fingerprint density at radius 1 is 1.57 bits per heavy atom. The molecule has 0 unspecified atom stereocenters. The summed E-state index contributed by atoms with van der Waals surface area (Å²) in [5.41, 5.74) is 1.06. The van der Waals surface area contributed by atoms with Crippen LogP contribution in [0.1, 0.15) is 18.2 Å². The van der Waals surface area contributed by atoms with Crippen molar-refractivity contribution in [3.8, 4) is 0 Å². The summed E-state index contributed by atoms with van der Waals surface area (Å²) >= 11 is 0. The van der Waals surface area contributed by atoms with Gasteiger partial charge in [0.15, 0.2) is 5.43 Å². The van der Waals surface area contributed by atoms with Crippen molar-refractivity contribution < 1.29 is 9.53 Å². The lowest BCUT2D eigenvalue weighted by molar-refractivity contribution is -0.142. The Morgan fingerprint density at radius 3 is 2.86 bits per heavy atom. The second-order valence-electron chi connectivity index (χ2n) is 2.93. The first-order chi connectivity index (χ1) is 6.65. The summed E-state index contributed by atoms with van der Waals surface area (Å²) in [6, 6.07) is 1.40. The normalized spacial score (nSPS) is 9.86. The smallest absolute Gasteiger partial charge is 0.310 e. The highest BCUT2D eigenvalue weighted by atomic mass is 16.5. The van der Waals surface area contributed by atoms with E-state index in [0.29, 0.717) is 17.9 Å². The number of rotatable bonds is 3. The number of nitrogens with one attached hydrogen (secondary N) is 1. The molecule has 1 rings (SSSR count). The largest absolute Gasteiger partial charge is 0.466 e. The predicted octanol–water partition coefficient (Wildman–Crippen LogP) is 0.789. The van der Waals surface area contributed by atoms with E-state index in [1.54, 1.807) is 20.0 Å². The molecule has 1 heterocycles. The Hall–Kier alpha value is -1.58. The molecule has 0 aliphatic carbocycles. The van der Waals surface area contributed by atoms with Crippen LogP contribution in [0.15, 0.2) is 17.1 Å². The first kappa shape index (κ1) is 10.5. The second-order valence-corrected chi connectivity index (χ2v) is 2.93. The van der Waals surface area contributed by atoms with Crippen LogP contribution in [-0.4, -0.2) is 17.6 Å². The highest BCUT2D eigenvalue weighted by Gasteiger charge is 2.09. The van der Waals surface area contributed by atoms with Gasteiger partial charge in [0.25, 0.3) is 0 Å². The van der Waals surface area contributed by atoms with Gasteiger partial charge in [0, 0.05) is 23.5 Å². The number of ether oxygens (including phenoxy) is 1. The molecule has 0 bridgehead atoms. The monoisotopic (exact) mass is 195 g/mol. The summed E-state index contributed by atoms with van der Waals surface area (Å²) < 4.78 is 4.76. The fourth-order valence-corrected chi connectivity index (χ4v) is 1.19. The minimum absolute atomic E-state index is 0.0375. The van der Waals surface area contributed by atoms with Crippen LogP contribution in [0.5, 0.6) is 0 Å². The Labute approximate surface area is 81.9 Å². The van der Waals surface area contributed by atoms with Crippen LogP contribution in [0, 0.1) is 6.92 Å². The van der Waals surface area contributed by atoms with E-state index in [9.17, 15) is 9.59 Å². The Kier molecular flexibility index (Phi) is 3.45. The van der Waals surface area contributed by atoms with E-state index in [4.69, 9.17) is 4.74 Å². The van der Waals surface area contributed by atoms with Gasteiger partial charge < -0.3 is 9.72 Å². The van der Waals surface area contributed by atoms with E-state index in [1.807, 2.05) is 0 Å². The molecule has 76 valence electrons. The van der Waals surface area contributed by atoms with Crippen LogP contribution in [0.2, 0.25) is 0 Å². The van der Waals surface area contributed by atoms with Crippen LogP contribution in [-0.2, 0) is 16.0 Å². The first-order valence-corrected chi connectivity index (χ1v) is 4.48. The van der Waals surface area contributed by atoms with Gasteiger partial charge in [0.05, 0.1) is 13.0 Å². The second kappa shape index (κ2) is 4.60. The maximum absolute atomic E-state index is 11.4. The van der Waals surface area contributed by atoms with E-state index in [-0.39, 0.29) is 17.8 Å². The van der Waals surface area contributed by atoms with Crippen LogP contribution >= 0.6 is 0 Å². The molecule has 0 saturated heterocycles. The number of aromatic amines is 1. The Morgan fingerprint density at radius 2 is 2.29 bits per heavy atom. The molecule has 1 aromatic rings. The minimum Gasteiger partial charge on any atom is -0.466 e. The molecule has 0 atom stereocenters. The van der Waals surface area contributed by atoms with Crippen molar-refractivity contribution in [2.45, 2.75) is 20.3 Å². The Balaban J connectivity index is 2.86. The zero-order valence-corrected chi connectivity index (χ0v) is 8.29. The summed E-state index contributed by atoms with van der Waals surface area (Å²) in [6.07, 6.45) is 1.60. The third kappa shape index (κ3) is 2.45. The van der Waals surface area contributed by atoms with Gasteiger partial charge >= 0.3 is 5.97 Å². The molecule has 0 aromatic carbocycles. The van der Waals surface area contributed by atoms with Gasteiger partial charge in [-0.3, -0.25) is 9.59 Å². The number of esters is 1. The van der Waals surface area contributed by atoms with Gasteiger partial charge in [-0.15, -0.1) is 0 Å². The van der Waals surface area contributed by atoms with Crippen LogP contribution < -0.4 is 5.43 Å². The number of aryl methyl sites for hydroxylation is 1. The number of hydrogen-bond donors (Lipinski definition) is 1. The topological polar surface area (TPSA) is 59.2 Å². The maximum Gasteiger partial charge on any atom is 0.310 e. The quantitative estimate of drug-likeness (QED) is 0.725. The van der Waals surface area contributed by atoms with Gasteiger partial charge in [0.2, 0.25) is 0 Å². The number of H-pyrrole nitrogens is 1. The van der Waals surface area contributed by atoms with Gasteiger partial charge in [-0.1, -0.05) is 0 Å². The molecule has 1 N–H and O–H groups in total. The minimum atomic E-state index is -0.368. The molecule has 1 aromatic heterocycles. The fraction of sp³-hybridized carbons (Fsp3) is 0.400. The number of aromatic nitrogens is 1. The molecular formula is C10H13NO3. The third-order valence-corrected chi connectivity index (χ3v) is 1.91. The van der Waals surface area contributed by atoms with Crippen molar-refractivity contribution in [3.05, 3.63) is 33.7 Å². The summed E-state index contributed by atoms with van der Waals surface area (Å²) in [4.78, 5) is 25.4. The zero-order chi connectivity index (χ0) is 10.6. The van der Waals surface area contributed by atoms with Crippen molar-refractivity contribution in [1.82, 2.24) is 4.98 Å². The molecule has 0 fully saturated rings. The molecule has 0 aliphatic rings. The summed E-state index contributed by atoms with van der Waals surface area (Å²) in [7, 11) is 0. The van der Waals surface area contributed by atoms with Gasteiger partial charge in [-0.2, -0.15) is 0 Å². The van der Waals surface area contributed by atoms with Crippen molar-refractivity contribution in [2.75, 3.05) is 6.61 Å². The van der Waals surface area contributed by atoms with Crippen LogP contribution in [0.4, 0.5) is 0 Å². The molecular weight excluding hydrogens is 182 g/mol. The van der Waals surface area contributed by atoms with E-state index >= 15 is 0 Å². The lowest BCUT2D eigenvalue weighted by Crippen LogP contribution is -2.17. The van der Waals surface area contributed by atoms with Gasteiger partial charge in [0.1, 0.15) is 0 Å². The molecule has 0 aliphatic heterocycles. The van der Waals surface area contributed by atoms with E-state index in [2.05, 4.69) is 4.98 Å². The van der Waals surface area contributed by atoms with Gasteiger partial charge in [-0.05, 0) is 13.8 Å². The first-order valence-electron chi connectivity index (χ1n) is 4.48. The Bertz CT molecular complexity index is 381. The van der Waals surface area contributed by atoms with E-state index in [0.717, 1.165) is 0 Å². The fourth-order valence-electron chi connectivity index (χ4n) is 1.19. The maximum atomic E-state index is 11.4. The number of carbonyl (C=O) groups excluding carboxylic acids is 1. The average Bonchev–Trinajstić information content (AvgIpc) is 2.12. The summed E-state index contributed by atoms with van der Waals surface area (Å²) in [6.45, 7) is 3.83. The van der Waals surface area contributed by atoms with Crippen molar-refractivity contribution in [3.63, 3.8) is 0 Å². The van der Waals surface area contributed by atoms with Crippen LogP contribution in [0.3, 0.4) is 0 Å². The van der Waals surface area contributed by atoms with E-state index in [1.165, 1.54) is 6.07 Å². The lowest BCUT2D eigenvalue weighted by atomic mass is 10.1. The summed E-state index contributed by atoms with van der Waals surface area (Å²) in [5.74, 6) is -0.368. The number of pyridine rings is 1. The predicted molar refractivity (Wildman–Crippen MR) is 52.1 cm³/mol. The highest BCUT2D eigenvalue weighted by Crippen LogP contribution is 1.99. The number of carbonyl (C=O) groups is 1. The van der Waals surface area contributed by atoms with Crippen molar-refractivity contribution in [1.29, 1.82) is 0 Å². The van der Waals surface area contributed by atoms with E-state index < -0.39 is 0 Å². The SMILES string of the molecule is CCOC(=O)Cc1c(C)[nH]ccc1=O. The molecule has 4 heteroatoms. The van der Waals surface area contributed by atoms with Crippen molar-refractivity contribution >= 4 is 5.97 Å². The summed E-state index contributed by atoms with van der Waals surface area (Å²) in [5, 5.41) is 0. The molecule has 0 spiro atoms. The molecule has 0 saturated carbocycles. The van der Waals surface area contributed by atoms with Gasteiger partial charge in [-0.25, -0.2) is 0 Å². The third-order valence-electron chi connectivity index (χ3n) is 1.91. The zero-order valence-electron chi connectivity index (χ0n) is 8.29. The lowest BCUT2D eigenvalue weighted by Gasteiger charge is -2.03. The molecule has 4 nitrogen and oxygen atoms in total. The molecule has 0 radical (unpaired) electrons. The average molecular weight is 195 g/mol. The standard InChI is InChI=1S/C10H13NO3/c1-3-14-10(13)6-8-7(2)11-5-4-9(8)12/h4-5H,3,6H2,1-2H3,(H,11,12).